The van der Waals surface area contributed by atoms with Crippen molar-refractivity contribution in [3.8, 4) is 0 Å². The van der Waals surface area contributed by atoms with Crippen molar-refractivity contribution in [3.05, 3.63) is 44.8 Å². The number of aromatic nitrogens is 4. The highest BCUT2D eigenvalue weighted by molar-refractivity contribution is 7.15. The van der Waals surface area contributed by atoms with Gasteiger partial charge in [0.15, 0.2) is 9.98 Å². The largest absolute Gasteiger partial charge is 0.408 e. The molecule has 0 aliphatic carbocycles. The minimum Gasteiger partial charge on any atom is -0.358 e. The van der Waals surface area contributed by atoms with Crippen LogP contribution in [0.1, 0.15) is 5.69 Å². The second-order valence-corrected chi connectivity index (χ2v) is 4.86. The molecular formula is C9H6ClN5O2S. The molecule has 92 valence electrons. The van der Waals surface area contributed by atoms with Crippen molar-refractivity contribution in [2.45, 2.75) is 6.54 Å². The number of hydrogen-bond donors (Lipinski definition) is 0. The van der Waals surface area contributed by atoms with Crippen molar-refractivity contribution < 1.29 is 4.92 Å². The first kappa shape index (κ1) is 11.2. The second kappa shape index (κ2) is 4.07. The molecule has 0 N–H and O–H groups in total. The molecule has 18 heavy (non-hydrogen) atoms. The maximum atomic E-state index is 10.6. The molecule has 0 saturated carbocycles. The molecule has 9 heteroatoms. The SMILES string of the molecule is O=[N+]([O-])c1nn(Cc2cn3ccsc3n2)cc1Cl. The molecule has 0 aliphatic rings. The van der Waals surface area contributed by atoms with Gasteiger partial charge in [0.25, 0.3) is 0 Å². The quantitative estimate of drug-likeness (QED) is 0.545. The van der Waals surface area contributed by atoms with E-state index in [9.17, 15) is 10.1 Å². The first-order valence-corrected chi connectivity index (χ1v) is 6.17. The smallest absolute Gasteiger partial charge is 0.358 e. The van der Waals surface area contributed by atoms with E-state index in [1.807, 2.05) is 22.2 Å². The van der Waals surface area contributed by atoms with E-state index in [-0.39, 0.29) is 10.8 Å². The fourth-order valence-electron chi connectivity index (χ4n) is 1.61. The number of fused-ring (bicyclic) bond motifs is 1. The third kappa shape index (κ3) is 1.85. The summed E-state index contributed by atoms with van der Waals surface area (Å²) in [6, 6.07) is 0. The Morgan fingerprint density at radius 1 is 1.50 bits per heavy atom. The Bertz CT molecular complexity index is 702. The number of imidazole rings is 1. The van der Waals surface area contributed by atoms with Crippen LogP contribution in [0, 0.1) is 10.1 Å². The van der Waals surface area contributed by atoms with Gasteiger partial charge in [0, 0.05) is 17.8 Å². The summed E-state index contributed by atoms with van der Waals surface area (Å²) < 4.78 is 3.30. The molecule has 3 rings (SSSR count). The van der Waals surface area contributed by atoms with Gasteiger partial charge in [0.1, 0.15) is 6.54 Å². The number of rotatable bonds is 3. The van der Waals surface area contributed by atoms with Crippen LogP contribution in [0.3, 0.4) is 0 Å². The third-order valence-corrected chi connectivity index (χ3v) is 3.38. The summed E-state index contributed by atoms with van der Waals surface area (Å²) in [4.78, 5) is 15.2. The van der Waals surface area contributed by atoms with Crippen LogP contribution in [0.2, 0.25) is 5.02 Å². The van der Waals surface area contributed by atoms with Gasteiger partial charge in [-0.15, -0.1) is 11.3 Å². The standard InChI is InChI=1S/C9H6ClN5O2S/c10-7-5-14(12-8(7)15(16)17)4-6-3-13-1-2-18-9(13)11-6/h1-3,5H,4H2. The van der Waals surface area contributed by atoms with Gasteiger partial charge in [-0.25, -0.2) is 4.98 Å². The second-order valence-electron chi connectivity index (χ2n) is 3.58. The lowest BCUT2D eigenvalue weighted by Crippen LogP contribution is -2.01. The number of hydrogen-bond acceptors (Lipinski definition) is 5. The van der Waals surface area contributed by atoms with E-state index in [2.05, 4.69) is 10.1 Å². The summed E-state index contributed by atoms with van der Waals surface area (Å²) in [5, 5.41) is 16.4. The lowest BCUT2D eigenvalue weighted by atomic mass is 10.5. The lowest BCUT2D eigenvalue weighted by molar-refractivity contribution is -0.389. The van der Waals surface area contributed by atoms with Crippen molar-refractivity contribution in [3.63, 3.8) is 0 Å². The number of nitrogens with zero attached hydrogens (tertiary/aromatic N) is 5. The Morgan fingerprint density at radius 2 is 2.33 bits per heavy atom. The van der Waals surface area contributed by atoms with Crippen LogP contribution in [0.25, 0.3) is 4.96 Å². The predicted octanol–water partition coefficient (Wildman–Crippen LogP) is 2.20. The van der Waals surface area contributed by atoms with Crippen LogP contribution in [-0.2, 0) is 6.54 Å². The monoisotopic (exact) mass is 283 g/mol. The zero-order valence-electron chi connectivity index (χ0n) is 8.86. The molecule has 7 nitrogen and oxygen atoms in total. The highest BCUT2D eigenvalue weighted by Gasteiger charge is 2.19. The zero-order chi connectivity index (χ0) is 12.7. The maximum Gasteiger partial charge on any atom is 0.408 e. The van der Waals surface area contributed by atoms with Crippen LogP contribution in [0.5, 0.6) is 0 Å². The topological polar surface area (TPSA) is 78.3 Å². The normalized spacial score (nSPS) is 11.2. The van der Waals surface area contributed by atoms with E-state index in [0.717, 1.165) is 10.7 Å². The van der Waals surface area contributed by atoms with Gasteiger partial charge in [0.05, 0.1) is 17.0 Å². The lowest BCUT2D eigenvalue weighted by Gasteiger charge is -1.90. The van der Waals surface area contributed by atoms with E-state index < -0.39 is 4.92 Å². The van der Waals surface area contributed by atoms with Crippen LogP contribution in [0.15, 0.2) is 24.0 Å². The summed E-state index contributed by atoms with van der Waals surface area (Å²) >= 11 is 7.24. The molecule has 0 fully saturated rings. The van der Waals surface area contributed by atoms with Crippen molar-refractivity contribution in [2.75, 3.05) is 0 Å². The van der Waals surface area contributed by atoms with Gasteiger partial charge in [0.2, 0.25) is 0 Å². The van der Waals surface area contributed by atoms with Crippen LogP contribution < -0.4 is 0 Å². The molecule has 0 aromatic carbocycles. The molecule has 0 saturated heterocycles. The van der Waals surface area contributed by atoms with Gasteiger partial charge in [-0.1, -0.05) is 11.6 Å². The highest BCUT2D eigenvalue weighted by atomic mass is 35.5. The Morgan fingerprint density at radius 3 is 3.00 bits per heavy atom. The highest BCUT2D eigenvalue weighted by Crippen LogP contribution is 2.22. The average Bonchev–Trinajstić information content (AvgIpc) is 2.92. The van der Waals surface area contributed by atoms with Gasteiger partial charge in [-0.2, -0.15) is 4.68 Å². The van der Waals surface area contributed by atoms with Crippen LogP contribution >= 0.6 is 22.9 Å². The molecule has 3 aromatic heterocycles. The van der Waals surface area contributed by atoms with E-state index in [0.29, 0.717) is 6.54 Å². The summed E-state index contributed by atoms with van der Waals surface area (Å²) in [7, 11) is 0. The first-order valence-electron chi connectivity index (χ1n) is 4.92. The van der Waals surface area contributed by atoms with Gasteiger partial charge in [-0.3, -0.25) is 4.40 Å². The van der Waals surface area contributed by atoms with Crippen molar-refractivity contribution in [1.29, 1.82) is 0 Å². The van der Waals surface area contributed by atoms with Crippen LogP contribution in [-0.4, -0.2) is 24.1 Å². The van der Waals surface area contributed by atoms with Crippen molar-refractivity contribution in [2.24, 2.45) is 0 Å². The average molecular weight is 284 g/mol. The summed E-state index contributed by atoms with van der Waals surface area (Å²) in [5.74, 6) is -0.335. The molecular weight excluding hydrogens is 278 g/mol. The number of halogens is 1. The van der Waals surface area contributed by atoms with E-state index in [1.165, 1.54) is 22.2 Å². The zero-order valence-corrected chi connectivity index (χ0v) is 10.4. The third-order valence-electron chi connectivity index (χ3n) is 2.34. The first-order chi connectivity index (χ1) is 8.63. The van der Waals surface area contributed by atoms with Gasteiger partial charge < -0.3 is 10.1 Å². The molecule has 0 spiro atoms. The van der Waals surface area contributed by atoms with Gasteiger partial charge >= 0.3 is 5.82 Å². The fourth-order valence-corrected chi connectivity index (χ4v) is 2.55. The number of thiazole rings is 1. The Kier molecular flexibility index (Phi) is 2.53. The molecule has 0 aliphatic heterocycles. The Hall–Kier alpha value is -1.93. The maximum absolute atomic E-state index is 10.6. The minimum absolute atomic E-state index is 0.0287. The van der Waals surface area contributed by atoms with E-state index >= 15 is 0 Å². The summed E-state index contributed by atoms with van der Waals surface area (Å²) in [5.41, 5.74) is 0.774. The Labute approximate surface area is 109 Å². The molecule has 3 heterocycles. The molecule has 0 unspecified atom stereocenters. The molecule has 0 radical (unpaired) electrons. The fraction of sp³-hybridized carbons (Fsp3) is 0.111. The van der Waals surface area contributed by atoms with E-state index in [4.69, 9.17) is 11.6 Å². The van der Waals surface area contributed by atoms with Crippen molar-refractivity contribution >= 4 is 33.7 Å². The minimum atomic E-state index is -0.607. The predicted molar refractivity (Wildman–Crippen MR) is 66.1 cm³/mol. The van der Waals surface area contributed by atoms with Crippen molar-refractivity contribution in [1.82, 2.24) is 19.2 Å². The molecule has 0 bridgehead atoms. The molecule has 0 atom stereocenters. The molecule has 0 amide bonds. The van der Waals surface area contributed by atoms with E-state index in [1.54, 1.807) is 0 Å². The van der Waals surface area contributed by atoms with Gasteiger partial charge in [-0.05, 0) is 4.92 Å². The summed E-state index contributed by atoms with van der Waals surface area (Å²) in [6.07, 6.45) is 5.18. The number of nitro groups is 1. The van der Waals surface area contributed by atoms with Crippen LogP contribution in [0.4, 0.5) is 5.82 Å². The summed E-state index contributed by atoms with van der Waals surface area (Å²) in [6.45, 7) is 0.349. The Balaban J connectivity index is 1.90. The molecule has 3 aromatic rings.